The van der Waals surface area contributed by atoms with Gasteiger partial charge in [0, 0.05) is 0 Å². The van der Waals surface area contributed by atoms with E-state index in [9.17, 15) is 19.2 Å². The molecular weight excluding hydrogens is 629 g/mol. The third-order valence-electron chi connectivity index (χ3n) is 8.96. The van der Waals surface area contributed by atoms with Crippen LogP contribution in [0, 0.1) is 11.3 Å². The molecule has 0 spiro atoms. The number of β-lactam (4-membered cyclic amide) rings is 1. The van der Waals surface area contributed by atoms with Gasteiger partial charge in [-0.05, 0) is 73.1 Å². The molecule has 0 N–H and O–H groups in total. The van der Waals surface area contributed by atoms with Crippen LogP contribution in [0.25, 0.3) is 0 Å². The SMILES string of the molecule is C=C(C)C(C(=O)OC(c1ccccc1)c1ccccc1)N1C(=O)C([C@](C)(O[Si](C)C)C(C)(C)C)C1SN1C(=O)c2ccccc2C1=O. The monoisotopic (exact) mass is 669 g/mol. The molecule has 1 fully saturated rings. The molecule has 8 nitrogen and oxygen atoms in total. The molecule has 1 radical (unpaired) electrons. The summed E-state index contributed by atoms with van der Waals surface area (Å²) in [6.45, 7) is 17.7. The zero-order chi connectivity index (χ0) is 34.3. The van der Waals surface area contributed by atoms with E-state index < -0.39 is 61.3 Å². The summed E-state index contributed by atoms with van der Waals surface area (Å²) in [5.74, 6) is -2.72. The zero-order valence-corrected chi connectivity index (χ0v) is 29.7. The van der Waals surface area contributed by atoms with Gasteiger partial charge in [0.15, 0.2) is 12.1 Å². The molecule has 3 aromatic rings. The van der Waals surface area contributed by atoms with Crippen LogP contribution in [0.3, 0.4) is 0 Å². The Bertz CT molecular complexity index is 1620. The molecule has 245 valence electrons. The maximum atomic E-state index is 14.5. The molecule has 0 saturated carbocycles. The predicted octanol–water partition coefficient (Wildman–Crippen LogP) is 7.07. The van der Waals surface area contributed by atoms with E-state index in [2.05, 4.69) is 6.58 Å². The first-order valence-electron chi connectivity index (χ1n) is 15.6. The van der Waals surface area contributed by atoms with Crippen molar-refractivity contribution in [3.63, 3.8) is 0 Å². The molecule has 47 heavy (non-hydrogen) atoms. The van der Waals surface area contributed by atoms with Crippen LogP contribution in [-0.4, -0.2) is 59.0 Å². The Balaban J connectivity index is 1.55. The Morgan fingerprint density at radius 3 is 1.72 bits per heavy atom. The average Bonchev–Trinajstić information content (AvgIpc) is 3.26. The molecule has 3 amide bonds. The van der Waals surface area contributed by atoms with Crippen LogP contribution in [-0.2, 0) is 18.8 Å². The molecule has 2 heterocycles. The van der Waals surface area contributed by atoms with Crippen molar-refractivity contribution in [2.45, 2.75) is 70.8 Å². The quantitative estimate of drug-likeness (QED) is 0.0539. The molecule has 10 heteroatoms. The standard InChI is InChI=1S/C37H41N2O6SSi/c1-23(2)29(35(43)44-30(24-17-11-9-12-18-24)25-19-13-10-14-20-25)38-33(42)28(37(6,36(3,4)5)45-47(7)8)34(38)46-39-31(40)26-21-15-16-22-27(26)32(39)41/h9-22,28-30,34H,1H2,2-8H3/t28?,29?,34?,37-/m0/s1. The molecule has 0 aliphatic carbocycles. The van der Waals surface area contributed by atoms with Gasteiger partial charge in [0.1, 0.15) is 5.37 Å². The van der Waals surface area contributed by atoms with Gasteiger partial charge in [-0.3, -0.25) is 14.4 Å². The fraction of sp³-hybridized carbons (Fsp3) is 0.351. The number of likely N-dealkylation sites (tertiary alicyclic amines) is 1. The van der Waals surface area contributed by atoms with Gasteiger partial charge < -0.3 is 14.1 Å². The van der Waals surface area contributed by atoms with E-state index >= 15 is 0 Å². The molecule has 5 rings (SSSR count). The number of amides is 3. The van der Waals surface area contributed by atoms with Gasteiger partial charge in [-0.2, -0.15) is 0 Å². The van der Waals surface area contributed by atoms with Gasteiger partial charge in [0.05, 0.1) is 22.6 Å². The third-order valence-corrected chi connectivity index (χ3v) is 11.0. The van der Waals surface area contributed by atoms with E-state index in [-0.39, 0.29) is 5.91 Å². The number of rotatable bonds is 11. The minimum absolute atomic E-state index is 0.297. The topological polar surface area (TPSA) is 93.2 Å². The molecule has 2 aliphatic heterocycles. The molecular formula is C37H41N2O6SSi. The lowest BCUT2D eigenvalue weighted by atomic mass is 9.66. The number of carbonyl (C=O) groups excluding carboxylic acids is 4. The van der Waals surface area contributed by atoms with Crippen LogP contribution < -0.4 is 0 Å². The normalized spacial score (nSPS) is 19.8. The highest BCUT2D eigenvalue weighted by Gasteiger charge is 2.65. The Labute approximate surface area is 283 Å². The first kappa shape index (κ1) is 34.3. The second-order valence-corrected chi connectivity index (χ2v) is 16.5. The fourth-order valence-electron chi connectivity index (χ4n) is 6.17. The number of hydrogen-bond acceptors (Lipinski definition) is 7. The Morgan fingerprint density at radius 2 is 1.30 bits per heavy atom. The summed E-state index contributed by atoms with van der Waals surface area (Å²) in [6.07, 6.45) is -0.741. The van der Waals surface area contributed by atoms with E-state index in [1.807, 2.05) is 101 Å². The van der Waals surface area contributed by atoms with Crippen molar-refractivity contribution in [2.75, 3.05) is 0 Å². The highest BCUT2D eigenvalue weighted by atomic mass is 32.2. The Morgan fingerprint density at radius 1 is 0.830 bits per heavy atom. The smallest absolute Gasteiger partial charge is 0.334 e. The summed E-state index contributed by atoms with van der Waals surface area (Å²) in [5.41, 5.74) is 1.01. The summed E-state index contributed by atoms with van der Waals surface area (Å²) in [7, 11) is -1.31. The minimum atomic E-state index is -1.31. The number of nitrogens with zero attached hydrogens (tertiary/aromatic N) is 2. The van der Waals surface area contributed by atoms with Crippen molar-refractivity contribution in [3.8, 4) is 0 Å². The van der Waals surface area contributed by atoms with Crippen molar-refractivity contribution < 1.29 is 28.3 Å². The van der Waals surface area contributed by atoms with Crippen LogP contribution >= 0.6 is 11.9 Å². The van der Waals surface area contributed by atoms with Crippen LogP contribution in [0.1, 0.15) is 72.6 Å². The highest BCUT2D eigenvalue weighted by molar-refractivity contribution is 7.98. The average molecular weight is 670 g/mol. The van der Waals surface area contributed by atoms with E-state index in [0.717, 1.165) is 27.4 Å². The van der Waals surface area contributed by atoms with Crippen molar-refractivity contribution >= 4 is 44.7 Å². The first-order valence-corrected chi connectivity index (χ1v) is 18.8. The van der Waals surface area contributed by atoms with Crippen molar-refractivity contribution in [1.29, 1.82) is 0 Å². The van der Waals surface area contributed by atoms with Crippen LogP contribution in [0.2, 0.25) is 13.1 Å². The zero-order valence-electron chi connectivity index (χ0n) is 27.9. The first-order chi connectivity index (χ1) is 22.2. The number of esters is 1. The predicted molar refractivity (Wildman–Crippen MR) is 185 cm³/mol. The number of ether oxygens (including phenoxy) is 1. The maximum Gasteiger partial charge on any atom is 0.334 e. The summed E-state index contributed by atoms with van der Waals surface area (Å²) in [4.78, 5) is 57.3. The molecule has 0 bridgehead atoms. The van der Waals surface area contributed by atoms with Gasteiger partial charge in [-0.15, -0.1) is 0 Å². The Kier molecular flexibility index (Phi) is 9.68. The van der Waals surface area contributed by atoms with Gasteiger partial charge in [0.25, 0.3) is 11.8 Å². The van der Waals surface area contributed by atoms with Gasteiger partial charge in [-0.25, -0.2) is 9.10 Å². The van der Waals surface area contributed by atoms with Crippen molar-refractivity contribution in [1.82, 2.24) is 9.21 Å². The lowest BCUT2D eigenvalue weighted by Gasteiger charge is -2.59. The van der Waals surface area contributed by atoms with Crippen molar-refractivity contribution in [3.05, 3.63) is 119 Å². The second-order valence-electron chi connectivity index (χ2n) is 13.4. The molecule has 4 atom stereocenters. The number of imide groups is 1. The van der Waals surface area contributed by atoms with Crippen LogP contribution in [0.15, 0.2) is 97.1 Å². The summed E-state index contributed by atoms with van der Waals surface area (Å²) >= 11 is 0.953. The van der Waals surface area contributed by atoms with Crippen LogP contribution in [0.5, 0.6) is 0 Å². The third kappa shape index (κ3) is 6.34. The largest absolute Gasteiger partial charge is 0.451 e. The lowest BCUT2D eigenvalue weighted by Crippen LogP contribution is -2.74. The molecule has 2 aliphatic rings. The summed E-state index contributed by atoms with van der Waals surface area (Å²) < 4.78 is 14.0. The highest BCUT2D eigenvalue weighted by Crippen LogP contribution is 2.53. The van der Waals surface area contributed by atoms with Gasteiger partial charge >= 0.3 is 5.97 Å². The van der Waals surface area contributed by atoms with Gasteiger partial charge in [0.2, 0.25) is 14.9 Å². The van der Waals surface area contributed by atoms with Crippen molar-refractivity contribution in [2.24, 2.45) is 11.3 Å². The summed E-state index contributed by atoms with van der Waals surface area (Å²) in [5, 5.41) is -0.823. The summed E-state index contributed by atoms with van der Waals surface area (Å²) in [6, 6.07) is 24.3. The van der Waals surface area contributed by atoms with Gasteiger partial charge in [-0.1, -0.05) is 100 Å². The number of carbonyl (C=O) groups is 4. The second kappa shape index (κ2) is 13.3. The number of fused-ring (bicyclic) bond motifs is 1. The number of benzene rings is 3. The fourth-order valence-corrected chi connectivity index (χ4v) is 8.89. The molecule has 0 aromatic heterocycles. The van der Waals surface area contributed by atoms with E-state index in [0.29, 0.717) is 16.7 Å². The maximum absolute atomic E-state index is 14.5. The minimum Gasteiger partial charge on any atom is -0.451 e. The lowest BCUT2D eigenvalue weighted by molar-refractivity contribution is -0.185. The Hall–Kier alpha value is -3.99. The number of hydrogen-bond donors (Lipinski definition) is 0. The molecule has 1 saturated heterocycles. The molecule has 3 unspecified atom stereocenters. The van der Waals surface area contributed by atoms with E-state index in [1.165, 1.54) is 4.90 Å². The van der Waals surface area contributed by atoms with Crippen LogP contribution in [0.4, 0.5) is 0 Å². The van der Waals surface area contributed by atoms with E-state index in [1.54, 1.807) is 31.2 Å². The van der Waals surface area contributed by atoms with E-state index in [4.69, 9.17) is 9.16 Å². The molecule has 3 aromatic carbocycles.